The average Bonchev–Trinajstić information content (AvgIpc) is 3.14. The second-order valence-corrected chi connectivity index (χ2v) is 6.46. The fourth-order valence-corrected chi connectivity index (χ4v) is 3.17. The summed E-state index contributed by atoms with van der Waals surface area (Å²) in [7, 11) is 2.18. The topological polar surface area (TPSA) is 52.2 Å². The van der Waals surface area contributed by atoms with Gasteiger partial charge in [0.05, 0.1) is 11.8 Å². The fraction of sp³-hybridized carbons (Fsp3) is 0.800. The zero-order valence-corrected chi connectivity index (χ0v) is 11.8. The lowest BCUT2D eigenvalue weighted by atomic mass is 9.87. The van der Waals surface area contributed by atoms with Crippen LogP contribution in [0.1, 0.15) is 55.8 Å². The smallest absolute Gasteiger partial charge is 0.0656 e. The molecule has 19 heavy (non-hydrogen) atoms. The third-order valence-electron chi connectivity index (χ3n) is 4.47. The molecule has 2 N–H and O–H groups in total. The monoisotopic (exact) mass is 263 g/mol. The van der Waals surface area contributed by atoms with Crippen molar-refractivity contribution in [3.8, 4) is 0 Å². The molecule has 0 amide bonds. The van der Waals surface area contributed by atoms with Gasteiger partial charge in [0.2, 0.25) is 0 Å². The van der Waals surface area contributed by atoms with Gasteiger partial charge in [-0.25, -0.2) is 0 Å². The lowest BCUT2D eigenvalue weighted by molar-refractivity contribution is 0.0966. The molecule has 0 atom stereocenters. The molecule has 4 nitrogen and oxygen atoms in total. The van der Waals surface area contributed by atoms with Gasteiger partial charge in [0.1, 0.15) is 0 Å². The number of rotatable bonds is 5. The molecule has 3 rings (SSSR count). The Morgan fingerprint density at radius 1 is 1.26 bits per heavy atom. The number of aromatic amines is 1. The molecule has 2 fully saturated rings. The Bertz CT molecular complexity index is 405. The van der Waals surface area contributed by atoms with Crippen molar-refractivity contribution < 1.29 is 5.11 Å². The van der Waals surface area contributed by atoms with Crippen LogP contribution in [0.4, 0.5) is 0 Å². The normalized spacial score (nSPS) is 27.9. The summed E-state index contributed by atoms with van der Waals surface area (Å²) in [5.41, 5.74) is 2.49. The first-order valence-corrected chi connectivity index (χ1v) is 7.61. The van der Waals surface area contributed by atoms with Crippen LogP contribution in [0.15, 0.2) is 6.07 Å². The molecule has 0 aliphatic heterocycles. The highest BCUT2D eigenvalue weighted by molar-refractivity contribution is 5.17. The van der Waals surface area contributed by atoms with Crippen LogP contribution < -0.4 is 0 Å². The van der Waals surface area contributed by atoms with E-state index in [0.717, 1.165) is 37.8 Å². The first-order chi connectivity index (χ1) is 9.20. The molecule has 2 aliphatic carbocycles. The number of hydrogen-bond acceptors (Lipinski definition) is 3. The molecule has 1 aromatic heterocycles. The number of aliphatic hydroxyl groups excluding tert-OH is 1. The summed E-state index contributed by atoms with van der Waals surface area (Å²) in [6.07, 6.45) is 6.87. The maximum atomic E-state index is 9.53. The van der Waals surface area contributed by atoms with E-state index < -0.39 is 0 Å². The minimum Gasteiger partial charge on any atom is -0.393 e. The van der Waals surface area contributed by atoms with Crippen molar-refractivity contribution in [3.63, 3.8) is 0 Å². The van der Waals surface area contributed by atoms with Crippen molar-refractivity contribution in [2.75, 3.05) is 13.6 Å². The van der Waals surface area contributed by atoms with Crippen molar-refractivity contribution >= 4 is 0 Å². The Labute approximate surface area is 115 Å². The highest BCUT2D eigenvalue weighted by Crippen LogP contribution is 2.39. The quantitative estimate of drug-likeness (QED) is 0.857. The maximum Gasteiger partial charge on any atom is 0.0656 e. The molecule has 1 heterocycles. The summed E-state index contributed by atoms with van der Waals surface area (Å²) in [5, 5.41) is 17.1. The molecule has 106 valence electrons. The standard InChI is InChI=1S/C15H25N3O/c1-18(9-11-2-6-14(19)7-3-11)10-13-8-15(17-16-13)12-4-5-12/h8,11-12,14,19H,2-7,9-10H2,1H3,(H,16,17). The molecule has 0 unspecified atom stereocenters. The van der Waals surface area contributed by atoms with E-state index in [1.807, 2.05) is 0 Å². The van der Waals surface area contributed by atoms with Gasteiger partial charge in [-0.3, -0.25) is 5.10 Å². The molecule has 4 heteroatoms. The van der Waals surface area contributed by atoms with Crippen LogP contribution in [0.3, 0.4) is 0 Å². The molecule has 0 aromatic carbocycles. The number of hydrogen-bond donors (Lipinski definition) is 2. The SMILES string of the molecule is CN(Cc1cc(C2CC2)n[nH]1)CC1CCC(O)CC1. The van der Waals surface area contributed by atoms with Gasteiger partial charge in [-0.05, 0) is 57.6 Å². The molecule has 2 saturated carbocycles. The van der Waals surface area contributed by atoms with E-state index in [4.69, 9.17) is 0 Å². The lowest BCUT2D eigenvalue weighted by Gasteiger charge is -2.28. The Hall–Kier alpha value is -0.870. The molecule has 0 saturated heterocycles. The van der Waals surface area contributed by atoms with Crippen LogP contribution >= 0.6 is 0 Å². The average molecular weight is 263 g/mol. The number of aliphatic hydroxyl groups is 1. The van der Waals surface area contributed by atoms with Gasteiger partial charge in [-0.2, -0.15) is 5.10 Å². The van der Waals surface area contributed by atoms with Gasteiger partial charge < -0.3 is 10.0 Å². The third-order valence-corrected chi connectivity index (χ3v) is 4.47. The van der Waals surface area contributed by atoms with Gasteiger partial charge in [0.15, 0.2) is 0 Å². The Balaban J connectivity index is 1.45. The number of nitrogens with one attached hydrogen (secondary N) is 1. The van der Waals surface area contributed by atoms with Crippen LogP contribution in [0.25, 0.3) is 0 Å². The fourth-order valence-electron chi connectivity index (χ4n) is 3.17. The number of H-pyrrole nitrogens is 1. The van der Waals surface area contributed by atoms with E-state index in [2.05, 4.69) is 28.2 Å². The first kappa shape index (κ1) is 13.1. The van der Waals surface area contributed by atoms with Crippen molar-refractivity contribution in [3.05, 3.63) is 17.5 Å². The van der Waals surface area contributed by atoms with Gasteiger partial charge in [-0.1, -0.05) is 0 Å². The van der Waals surface area contributed by atoms with Crippen LogP contribution in [-0.4, -0.2) is 39.9 Å². The van der Waals surface area contributed by atoms with E-state index in [9.17, 15) is 5.11 Å². The third kappa shape index (κ3) is 3.57. The van der Waals surface area contributed by atoms with Crippen molar-refractivity contribution in [1.29, 1.82) is 0 Å². The highest BCUT2D eigenvalue weighted by atomic mass is 16.3. The summed E-state index contributed by atoms with van der Waals surface area (Å²) in [4.78, 5) is 2.38. The predicted molar refractivity (Wildman–Crippen MR) is 74.9 cm³/mol. The predicted octanol–water partition coefficient (Wildman–Crippen LogP) is 2.27. The summed E-state index contributed by atoms with van der Waals surface area (Å²) in [5.74, 6) is 1.48. The minimum atomic E-state index is -0.0461. The zero-order chi connectivity index (χ0) is 13.2. The molecule has 2 aliphatic rings. The van der Waals surface area contributed by atoms with E-state index in [0.29, 0.717) is 0 Å². The number of aromatic nitrogens is 2. The van der Waals surface area contributed by atoms with E-state index in [-0.39, 0.29) is 6.10 Å². The first-order valence-electron chi connectivity index (χ1n) is 7.61. The van der Waals surface area contributed by atoms with Crippen molar-refractivity contribution in [2.45, 2.75) is 57.1 Å². The lowest BCUT2D eigenvalue weighted by Crippen LogP contribution is -2.29. The highest BCUT2D eigenvalue weighted by Gasteiger charge is 2.26. The van der Waals surface area contributed by atoms with Crippen molar-refractivity contribution in [2.24, 2.45) is 5.92 Å². The van der Waals surface area contributed by atoms with Crippen LogP contribution in [0.2, 0.25) is 0 Å². The molecule has 0 radical (unpaired) electrons. The van der Waals surface area contributed by atoms with Gasteiger partial charge >= 0.3 is 0 Å². The Kier molecular flexibility index (Phi) is 3.89. The van der Waals surface area contributed by atoms with Gasteiger partial charge in [0, 0.05) is 24.7 Å². The maximum absolute atomic E-state index is 9.53. The van der Waals surface area contributed by atoms with Crippen LogP contribution in [0.5, 0.6) is 0 Å². The second-order valence-electron chi connectivity index (χ2n) is 6.46. The summed E-state index contributed by atoms with van der Waals surface area (Å²) < 4.78 is 0. The second kappa shape index (κ2) is 5.63. The van der Waals surface area contributed by atoms with Gasteiger partial charge in [0.25, 0.3) is 0 Å². The molecular weight excluding hydrogens is 238 g/mol. The molecule has 0 bridgehead atoms. The van der Waals surface area contributed by atoms with Crippen LogP contribution in [0, 0.1) is 5.92 Å². The van der Waals surface area contributed by atoms with Crippen molar-refractivity contribution in [1.82, 2.24) is 15.1 Å². The number of nitrogens with zero attached hydrogens (tertiary/aromatic N) is 2. The largest absolute Gasteiger partial charge is 0.393 e. The van der Waals surface area contributed by atoms with Gasteiger partial charge in [-0.15, -0.1) is 0 Å². The molecule has 1 aromatic rings. The zero-order valence-electron chi connectivity index (χ0n) is 11.8. The Morgan fingerprint density at radius 3 is 2.68 bits per heavy atom. The molecule has 0 spiro atoms. The summed E-state index contributed by atoms with van der Waals surface area (Å²) >= 11 is 0. The minimum absolute atomic E-state index is 0.0461. The van der Waals surface area contributed by atoms with E-state index in [1.54, 1.807) is 0 Å². The summed E-state index contributed by atoms with van der Waals surface area (Å²) in [6.45, 7) is 2.09. The summed E-state index contributed by atoms with van der Waals surface area (Å²) in [6, 6.07) is 2.23. The Morgan fingerprint density at radius 2 is 2.00 bits per heavy atom. The molecular formula is C15H25N3O. The van der Waals surface area contributed by atoms with E-state index >= 15 is 0 Å². The van der Waals surface area contributed by atoms with E-state index in [1.165, 1.54) is 37.1 Å². The van der Waals surface area contributed by atoms with Crippen LogP contribution in [-0.2, 0) is 6.54 Å².